The topological polar surface area (TPSA) is 123 Å². The molecule has 9 nitrogen and oxygen atoms in total. The summed E-state index contributed by atoms with van der Waals surface area (Å²) in [5, 5.41) is 3.80. The van der Waals surface area contributed by atoms with E-state index in [1.54, 1.807) is 66.7 Å². The first kappa shape index (κ1) is 25.6. The van der Waals surface area contributed by atoms with Crippen molar-refractivity contribution in [3.63, 3.8) is 0 Å². The molecule has 0 aliphatic heterocycles. The Labute approximate surface area is 203 Å². The maximum Gasteiger partial charge on any atom is 0.343 e. The second-order valence-electron chi connectivity index (χ2n) is 7.26. The maximum absolute atomic E-state index is 12.3. The molecule has 10 heteroatoms. The number of amides is 1. The summed E-state index contributed by atoms with van der Waals surface area (Å²) in [7, 11) is -3.78. The van der Waals surface area contributed by atoms with E-state index in [1.807, 2.05) is 6.92 Å². The minimum Gasteiger partial charge on any atom is -0.494 e. The Morgan fingerprint density at radius 2 is 1.57 bits per heavy atom. The summed E-state index contributed by atoms with van der Waals surface area (Å²) >= 11 is 0. The van der Waals surface area contributed by atoms with E-state index in [9.17, 15) is 18.0 Å². The van der Waals surface area contributed by atoms with Crippen molar-refractivity contribution in [2.45, 2.75) is 18.2 Å². The molecular formula is C25H25N3O6S. The number of rotatable bonds is 11. The molecule has 0 saturated heterocycles. The molecule has 0 atom stereocenters. The summed E-state index contributed by atoms with van der Waals surface area (Å²) in [5.74, 6) is -0.0957. The molecule has 0 unspecified atom stereocenters. The molecule has 182 valence electrons. The third-order valence-corrected chi connectivity index (χ3v) is 5.95. The predicted molar refractivity (Wildman–Crippen MR) is 131 cm³/mol. The second kappa shape index (κ2) is 12.4. The molecule has 0 aliphatic carbocycles. The lowest BCUT2D eigenvalue weighted by Crippen LogP contribution is -2.34. The molecule has 0 radical (unpaired) electrons. The van der Waals surface area contributed by atoms with Gasteiger partial charge in [0.2, 0.25) is 10.0 Å². The van der Waals surface area contributed by atoms with Crippen LogP contribution in [0.2, 0.25) is 0 Å². The van der Waals surface area contributed by atoms with Gasteiger partial charge in [-0.1, -0.05) is 25.1 Å². The second-order valence-corrected chi connectivity index (χ2v) is 9.03. The Kier molecular flexibility index (Phi) is 9.10. The Morgan fingerprint density at radius 1 is 0.914 bits per heavy atom. The van der Waals surface area contributed by atoms with Crippen molar-refractivity contribution in [3.8, 4) is 11.5 Å². The molecular weight excluding hydrogens is 470 g/mol. The first-order valence-electron chi connectivity index (χ1n) is 10.8. The van der Waals surface area contributed by atoms with E-state index < -0.39 is 28.4 Å². The van der Waals surface area contributed by atoms with Crippen LogP contribution in [0.25, 0.3) is 0 Å². The zero-order chi connectivity index (χ0) is 25.1. The Morgan fingerprint density at radius 3 is 2.23 bits per heavy atom. The molecule has 0 bridgehead atoms. The largest absolute Gasteiger partial charge is 0.494 e. The fourth-order valence-corrected chi connectivity index (χ4v) is 3.76. The molecule has 3 aromatic rings. The van der Waals surface area contributed by atoms with Crippen molar-refractivity contribution in [1.82, 2.24) is 10.1 Å². The SMILES string of the molecule is CCCOc1ccc(C(=O)Oc2ccc(C=NNC(=O)CNS(=O)(=O)c3ccccc3)cc2)cc1. The van der Waals surface area contributed by atoms with Crippen LogP contribution in [0.5, 0.6) is 11.5 Å². The smallest absolute Gasteiger partial charge is 0.343 e. The third kappa shape index (κ3) is 8.05. The van der Waals surface area contributed by atoms with E-state index in [2.05, 4.69) is 15.2 Å². The van der Waals surface area contributed by atoms with Crippen LogP contribution in [0.15, 0.2) is 88.9 Å². The quantitative estimate of drug-likeness (QED) is 0.182. The van der Waals surface area contributed by atoms with Crippen molar-refractivity contribution < 1.29 is 27.5 Å². The van der Waals surface area contributed by atoms with E-state index in [4.69, 9.17) is 9.47 Å². The highest BCUT2D eigenvalue weighted by atomic mass is 32.2. The molecule has 0 heterocycles. The monoisotopic (exact) mass is 495 g/mol. The normalized spacial score (nSPS) is 11.2. The van der Waals surface area contributed by atoms with Gasteiger partial charge in [0.15, 0.2) is 0 Å². The number of hydrazone groups is 1. The Bertz CT molecular complexity index is 1260. The number of esters is 1. The van der Waals surface area contributed by atoms with Crippen LogP contribution in [0.3, 0.4) is 0 Å². The molecule has 3 aromatic carbocycles. The number of ether oxygens (including phenoxy) is 2. The number of hydrogen-bond acceptors (Lipinski definition) is 7. The first-order valence-corrected chi connectivity index (χ1v) is 12.3. The lowest BCUT2D eigenvalue weighted by Gasteiger charge is -2.07. The highest BCUT2D eigenvalue weighted by Crippen LogP contribution is 2.16. The van der Waals surface area contributed by atoms with Crippen molar-refractivity contribution >= 4 is 28.1 Å². The molecule has 0 saturated carbocycles. The molecule has 3 rings (SSSR count). The Balaban J connectivity index is 1.46. The van der Waals surface area contributed by atoms with Gasteiger partial charge >= 0.3 is 5.97 Å². The van der Waals surface area contributed by atoms with Gasteiger partial charge in [-0.3, -0.25) is 4.79 Å². The van der Waals surface area contributed by atoms with Gasteiger partial charge < -0.3 is 9.47 Å². The van der Waals surface area contributed by atoms with Gasteiger partial charge in [0.05, 0.1) is 29.8 Å². The summed E-state index contributed by atoms with van der Waals surface area (Å²) in [6.45, 7) is 2.16. The standard InChI is InChI=1S/C25H25N3O6S/c1-2-16-33-21-14-10-20(11-15-21)25(30)34-22-12-8-19(9-13-22)17-26-28-24(29)18-27-35(31,32)23-6-4-3-5-7-23/h3-15,17,27H,2,16,18H2,1H3,(H,28,29). The van der Waals surface area contributed by atoms with Crippen molar-refractivity contribution in [3.05, 3.63) is 90.0 Å². The minimum absolute atomic E-state index is 0.0649. The highest BCUT2D eigenvalue weighted by Gasteiger charge is 2.14. The zero-order valence-corrected chi connectivity index (χ0v) is 19.8. The van der Waals surface area contributed by atoms with E-state index in [0.29, 0.717) is 29.2 Å². The molecule has 1 amide bonds. The van der Waals surface area contributed by atoms with Crippen molar-refractivity contribution in [1.29, 1.82) is 0 Å². The summed E-state index contributed by atoms with van der Waals surface area (Å²) < 4.78 is 37.3. The lowest BCUT2D eigenvalue weighted by atomic mass is 10.2. The zero-order valence-electron chi connectivity index (χ0n) is 19.0. The molecule has 0 aromatic heterocycles. The van der Waals surface area contributed by atoms with Gasteiger partial charge in [-0.15, -0.1) is 0 Å². The molecule has 0 aliphatic rings. The van der Waals surface area contributed by atoms with Crippen LogP contribution in [0, 0.1) is 0 Å². The molecule has 0 fully saturated rings. The number of carbonyl (C=O) groups is 2. The van der Waals surface area contributed by atoms with Crippen molar-refractivity contribution in [2.24, 2.45) is 5.10 Å². The van der Waals surface area contributed by atoms with E-state index in [-0.39, 0.29) is 4.90 Å². The first-order chi connectivity index (χ1) is 16.9. The van der Waals surface area contributed by atoms with Crippen LogP contribution in [0.4, 0.5) is 0 Å². The summed E-state index contributed by atoms with van der Waals surface area (Å²) in [4.78, 5) is 24.3. The third-order valence-electron chi connectivity index (χ3n) is 4.53. The summed E-state index contributed by atoms with van der Waals surface area (Å²) in [6, 6.07) is 20.9. The van der Waals surface area contributed by atoms with Crippen LogP contribution >= 0.6 is 0 Å². The number of carbonyl (C=O) groups excluding carboxylic acids is 2. The molecule has 2 N–H and O–H groups in total. The Hall–Kier alpha value is -4.02. The van der Waals surface area contributed by atoms with Gasteiger partial charge in [0, 0.05) is 0 Å². The van der Waals surface area contributed by atoms with Crippen molar-refractivity contribution in [2.75, 3.05) is 13.2 Å². The average Bonchev–Trinajstić information content (AvgIpc) is 2.88. The fraction of sp³-hybridized carbons (Fsp3) is 0.160. The number of benzene rings is 3. The van der Waals surface area contributed by atoms with Gasteiger partial charge in [-0.25, -0.2) is 23.4 Å². The van der Waals surface area contributed by atoms with Crippen LogP contribution in [-0.4, -0.2) is 39.7 Å². The summed E-state index contributed by atoms with van der Waals surface area (Å²) in [6.07, 6.45) is 2.28. The van der Waals surface area contributed by atoms with Crippen LogP contribution in [0.1, 0.15) is 29.3 Å². The van der Waals surface area contributed by atoms with E-state index >= 15 is 0 Å². The van der Waals surface area contributed by atoms with E-state index in [1.165, 1.54) is 18.3 Å². The molecule has 35 heavy (non-hydrogen) atoms. The van der Waals surface area contributed by atoms with Gasteiger partial charge in [0.1, 0.15) is 11.5 Å². The lowest BCUT2D eigenvalue weighted by molar-refractivity contribution is -0.119. The predicted octanol–water partition coefficient (Wildman–Crippen LogP) is 3.12. The van der Waals surface area contributed by atoms with Gasteiger partial charge in [0.25, 0.3) is 5.91 Å². The van der Waals surface area contributed by atoms with Crippen LogP contribution in [-0.2, 0) is 14.8 Å². The highest BCUT2D eigenvalue weighted by molar-refractivity contribution is 7.89. The van der Waals surface area contributed by atoms with Gasteiger partial charge in [-0.2, -0.15) is 5.10 Å². The minimum atomic E-state index is -3.78. The van der Waals surface area contributed by atoms with Crippen LogP contribution < -0.4 is 19.6 Å². The number of nitrogens with one attached hydrogen (secondary N) is 2. The number of sulfonamides is 1. The van der Waals surface area contributed by atoms with Gasteiger partial charge in [-0.05, 0) is 72.6 Å². The molecule has 0 spiro atoms. The summed E-state index contributed by atoms with van der Waals surface area (Å²) in [5.41, 5.74) is 3.27. The van der Waals surface area contributed by atoms with E-state index in [0.717, 1.165) is 6.42 Å². The number of nitrogens with zero attached hydrogens (tertiary/aromatic N) is 1. The average molecular weight is 496 g/mol. The fourth-order valence-electron chi connectivity index (χ4n) is 2.76. The number of hydrogen-bond donors (Lipinski definition) is 2. The maximum atomic E-state index is 12.3.